The summed E-state index contributed by atoms with van der Waals surface area (Å²) in [5.41, 5.74) is 2.14. The van der Waals surface area contributed by atoms with Gasteiger partial charge < -0.3 is 0 Å². The summed E-state index contributed by atoms with van der Waals surface area (Å²) in [4.78, 5) is 26.7. The fourth-order valence-corrected chi connectivity index (χ4v) is 4.74. The SMILES string of the molecule is Cc1cccc(-n2c(=O)/c(=C\c3ccc(Cl)c(Cl)c3)s/c2=C(/C#N)C(=O)c2ccccc2)c1. The number of Topliss-reactive ketones (excluding diaryl/α,β-unsaturated/α-hetero) is 1. The molecule has 0 N–H and O–H groups in total. The van der Waals surface area contributed by atoms with Gasteiger partial charge in [-0.15, -0.1) is 11.3 Å². The van der Waals surface area contributed by atoms with Crippen LogP contribution in [0.5, 0.6) is 0 Å². The highest BCUT2D eigenvalue weighted by atomic mass is 35.5. The molecule has 3 aromatic carbocycles. The van der Waals surface area contributed by atoms with Gasteiger partial charge in [-0.05, 0) is 48.4 Å². The number of carbonyl (C=O) groups excluding carboxylic acids is 1. The Hall–Kier alpha value is -3.43. The van der Waals surface area contributed by atoms with Crippen LogP contribution in [-0.4, -0.2) is 10.4 Å². The molecular weight excluding hydrogens is 475 g/mol. The van der Waals surface area contributed by atoms with Crippen molar-refractivity contribution in [3.05, 3.63) is 119 Å². The number of hydrogen-bond acceptors (Lipinski definition) is 4. The highest BCUT2D eigenvalue weighted by molar-refractivity contribution is 7.07. The molecule has 1 heterocycles. The van der Waals surface area contributed by atoms with Crippen molar-refractivity contribution in [3.63, 3.8) is 0 Å². The number of ketones is 1. The van der Waals surface area contributed by atoms with Crippen LogP contribution in [0.3, 0.4) is 0 Å². The van der Waals surface area contributed by atoms with Crippen molar-refractivity contribution >= 4 is 52.0 Å². The van der Waals surface area contributed by atoms with E-state index in [-0.39, 0.29) is 15.8 Å². The molecule has 0 unspecified atom stereocenters. The number of hydrogen-bond donors (Lipinski definition) is 0. The molecule has 1 aromatic heterocycles. The number of thiazole rings is 1. The highest BCUT2D eigenvalue weighted by Gasteiger charge is 2.18. The molecule has 7 heteroatoms. The van der Waals surface area contributed by atoms with E-state index in [9.17, 15) is 14.9 Å². The van der Waals surface area contributed by atoms with E-state index in [1.54, 1.807) is 60.7 Å². The Morgan fingerprint density at radius 2 is 1.76 bits per heavy atom. The van der Waals surface area contributed by atoms with Gasteiger partial charge in [0.15, 0.2) is 0 Å². The van der Waals surface area contributed by atoms with E-state index in [0.717, 1.165) is 16.9 Å². The predicted octanol–water partition coefficient (Wildman–Crippen LogP) is 4.90. The quantitative estimate of drug-likeness (QED) is 0.382. The maximum Gasteiger partial charge on any atom is 0.273 e. The predicted molar refractivity (Wildman–Crippen MR) is 134 cm³/mol. The van der Waals surface area contributed by atoms with Crippen LogP contribution in [-0.2, 0) is 0 Å². The van der Waals surface area contributed by atoms with Crippen molar-refractivity contribution < 1.29 is 4.79 Å². The first-order valence-corrected chi connectivity index (χ1v) is 11.5. The Balaban J connectivity index is 2.07. The molecule has 0 aliphatic rings. The number of nitrogens with zero attached hydrogens (tertiary/aromatic N) is 2. The van der Waals surface area contributed by atoms with Crippen LogP contribution < -0.4 is 14.8 Å². The third-order valence-corrected chi connectivity index (χ3v) is 6.75. The van der Waals surface area contributed by atoms with Crippen LogP contribution in [0.25, 0.3) is 17.3 Å². The summed E-state index contributed by atoms with van der Waals surface area (Å²) in [5.74, 6) is -0.443. The number of carbonyl (C=O) groups is 1. The van der Waals surface area contributed by atoms with E-state index >= 15 is 0 Å². The smallest absolute Gasteiger partial charge is 0.273 e. The van der Waals surface area contributed by atoms with Crippen LogP contribution in [0.1, 0.15) is 21.5 Å². The van der Waals surface area contributed by atoms with Gasteiger partial charge in [-0.1, -0.05) is 71.7 Å². The molecule has 0 saturated heterocycles. The standard InChI is InChI=1S/C26H16Cl2N2O2S/c1-16-6-5-9-19(12-16)30-25(32)23(14-17-10-11-21(27)22(28)13-17)33-26(30)20(15-29)24(31)18-7-3-2-4-8-18/h2-14H,1H3/b23-14+,26-20-. The molecule has 4 aromatic rings. The number of halogens is 2. The molecule has 0 atom stereocenters. The van der Waals surface area contributed by atoms with Crippen molar-refractivity contribution in [2.45, 2.75) is 6.92 Å². The molecular formula is C26H16Cl2N2O2S. The average Bonchev–Trinajstić information content (AvgIpc) is 3.12. The molecule has 33 heavy (non-hydrogen) atoms. The first kappa shape index (κ1) is 22.8. The Morgan fingerprint density at radius 1 is 1.00 bits per heavy atom. The first-order valence-electron chi connectivity index (χ1n) is 9.89. The molecule has 0 spiro atoms. The molecule has 0 aliphatic carbocycles. The van der Waals surface area contributed by atoms with Gasteiger partial charge in [-0.2, -0.15) is 5.26 Å². The number of benzene rings is 3. The van der Waals surface area contributed by atoms with E-state index in [1.807, 2.05) is 31.2 Å². The van der Waals surface area contributed by atoms with Crippen molar-refractivity contribution in [2.75, 3.05) is 0 Å². The number of aryl methyl sites for hydroxylation is 1. The second kappa shape index (κ2) is 9.60. The molecule has 0 aliphatic heterocycles. The van der Waals surface area contributed by atoms with Gasteiger partial charge in [-0.3, -0.25) is 14.2 Å². The van der Waals surface area contributed by atoms with Crippen molar-refractivity contribution in [2.24, 2.45) is 0 Å². The van der Waals surface area contributed by atoms with Crippen LogP contribution in [0.4, 0.5) is 0 Å². The topological polar surface area (TPSA) is 62.9 Å². The molecule has 0 bridgehead atoms. The Labute approximate surface area is 203 Å². The van der Waals surface area contributed by atoms with Crippen LogP contribution >= 0.6 is 34.5 Å². The van der Waals surface area contributed by atoms with E-state index in [1.165, 1.54) is 4.57 Å². The zero-order chi connectivity index (χ0) is 23.5. The fourth-order valence-electron chi connectivity index (χ4n) is 3.33. The van der Waals surface area contributed by atoms with Gasteiger partial charge in [0.25, 0.3) is 5.56 Å². The normalized spacial score (nSPS) is 12.4. The minimum absolute atomic E-state index is 0.0985. The molecule has 0 saturated carbocycles. The van der Waals surface area contributed by atoms with Gasteiger partial charge >= 0.3 is 0 Å². The number of aromatic nitrogens is 1. The summed E-state index contributed by atoms with van der Waals surface area (Å²) in [7, 11) is 0. The fraction of sp³-hybridized carbons (Fsp3) is 0.0385. The Kier molecular flexibility index (Phi) is 6.62. The second-order valence-corrected chi connectivity index (χ2v) is 9.10. The molecule has 0 amide bonds. The summed E-state index contributed by atoms with van der Waals surface area (Å²) >= 11 is 13.2. The van der Waals surface area contributed by atoms with Gasteiger partial charge in [0.05, 0.1) is 20.3 Å². The maximum atomic E-state index is 13.5. The van der Waals surface area contributed by atoms with Crippen molar-refractivity contribution in [3.8, 4) is 11.8 Å². The van der Waals surface area contributed by atoms with Gasteiger partial charge in [0.2, 0.25) is 5.78 Å². The third kappa shape index (κ3) is 4.69. The summed E-state index contributed by atoms with van der Waals surface area (Å²) in [5, 5.41) is 10.7. The van der Waals surface area contributed by atoms with Crippen molar-refractivity contribution in [1.29, 1.82) is 5.26 Å². The van der Waals surface area contributed by atoms with Gasteiger partial charge in [0, 0.05) is 5.56 Å². The monoisotopic (exact) mass is 490 g/mol. The van der Waals surface area contributed by atoms with Crippen LogP contribution in [0, 0.1) is 18.3 Å². The number of nitriles is 1. The minimum Gasteiger partial charge on any atom is -0.288 e. The molecule has 4 rings (SSSR count). The van der Waals surface area contributed by atoms with E-state index in [2.05, 4.69) is 0 Å². The van der Waals surface area contributed by atoms with Gasteiger partial charge in [-0.25, -0.2) is 0 Å². The third-order valence-electron chi connectivity index (χ3n) is 4.91. The lowest BCUT2D eigenvalue weighted by atomic mass is 10.1. The first-order chi connectivity index (χ1) is 15.9. The van der Waals surface area contributed by atoms with E-state index in [0.29, 0.717) is 31.4 Å². The second-order valence-electron chi connectivity index (χ2n) is 7.25. The Bertz CT molecular complexity index is 1600. The lowest BCUT2D eigenvalue weighted by molar-refractivity contribution is 0.105. The largest absolute Gasteiger partial charge is 0.288 e. The summed E-state index contributed by atoms with van der Waals surface area (Å²) in [6, 6.07) is 23.0. The summed E-state index contributed by atoms with van der Waals surface area (Å²) in [6.45, 7) is 1.91. The maximum absolute atomic E-state index is 13.5. The summed E-state index contributed by atoms with van der Waals surface area (Å²) < 4.78 is 2.05. The molecule has 0 fully saturated rings. The van der Waals surface area contributed by atoms with Gasteiger partial charge in [0.1, 0.15) is 16.3 Å². The van der Waals surface area contributed by atoms with Crippen molar-refractivity contribution in [1.82, 2.24) is 4.57 Å². The number of rotatable bonds is 4. The van der Waals surface area contributed by atoms with Crippen LogP contribution in [0.2, 0.25) is 10.0 Å². The summed E-state index contributed by atoms with van der Waals surface area (Å²) in [6.07, 6.45) is 1.67. The lowest BCUT2D eigenvalue weighted by Gasteiger charge is -2.05. The zero-order valence-corrected chi connectivity index (χ0v) is 19.7. The van der Waals surface area contributed by atoms with E-state index in [4.69, 9.17) is 23.2 Å². The van der Waals surface area contributed by atoms with Crippen LogP contribution in [0.15, 0.2) is 77.6 Å². The Morgan fingerprint density at radius 3 is 2.42 bits per heavy atom. The highest BCUT2D eigenvalue weighted by Crippen LogP contribution is 2.22. The van der Waals surface area contributed by atoms with E-state index < -0.39 is 5.78 Å². The zero-order valence-electron chi connectivity index (χ0n) is 17.4. The average molecular weight is 491 g/mol. The lowest BCUT2D eigenvalue weighted by Crippen LogP contribution is -2.31. The molecule has 4 nitrogen and oxygen atoms in total. The minimum atomic E-state index is -0.443. The molecule has 162 valence electrons. The molecule has 0 radical (unpaired) electrons.